The van der Waals surface area contributed by atoms with Crippen molar-refractivity contribution in [3.8, 4) is 5.19 Å². The molecule has 0 aromatic carbocycles. The standard InChI is InChI=1S/C20H25N3O2S2/c24-19(4-3-18-2-1-14-26-18)23-10-5-16(6-11-23)22-12-7-17(8-13-22)25-20-21-9-15-27-20/h1-4,9,14-17H,5-8,10-13H2. The number of ether oxygens (including phenoxy) is 1. The summed E-state index contributed by atoms with van der Waals surface area (Å²) in [5, 5.41) is 4.77. The molecule has 2 saturated heterocycles. The van der Waals surface area contributed by atoms with E-state index in [4.69, 9.17) is 4.74 Å². The number of thiazole rings is 1. The van der Waals surface area contributed by atoms with Crippen molar-refractivity contribution in [2.75, 3.05) is 26.2 Å². The van der Waals surface area contributed by atoms with Crippen molar-refractivity contribution in [3.63, 3.8) is 0 Å². The average Bonchev–Trinajstić information content (AvgIpc) is 3.41. The lowest BCUT2D eigenvalue weighted by Gasteiger charge is -2.41. The van der Waals surface area contributed by atoms with Crippen LogP contribution in [-0.2, 0) is 4.79 Å². The summed E-state index contributed by atoms with van der Waals surface area (Å²) in [6, 6.07) is 4.63. The van der Waals surface area contributed by atoms with Crippen LogP contribution in [0, 0.1) is 0 Å². The van der Waals surface area contributed by atoms with E-state index >= 15 is 0 Å². The van der Waals surface area contributed by atoms with E-state index in [0.29, 0.717) is 6.04 Å². The molecule has 2 fully saturated rings. The summed E-state index contributed by atoms with van der Waals surface area (Å²) in [5.41, 5.74) is 0. The quantitative estimate of drug-likeness (QED) is 0.714. The van der Waals surface area contributed by atoms with E-state index in [1.807, 2.05) is 33.9 Å². The van der Waals surface area contributed by atoms with Crippen molar-refractivity contribution < 1.29 is 9.53 Å². The highest BCUT2D eigenvalue weighted by atomic mass is 32.1. The average molecular weight is 404 g/mol. The number of likely N-dealkylation sites (tertiary alicyclic amines) is 2. The number of hydrogen-bond donors (Lipinski definition) is 0. The molecule has 2 aliphatic heterocycles. The van der Waals surface area contributed by atoms with Crippen LogP contribution < -0.4 is 4.74 Å². The molecule has 0 aliphatic carbocycles. The molecule has 0 spiro atoms. The summed E-state index contributed by atoms with van der Waals surface area (Å²) >= 11 is 3.22. The SMILES string of the molecule is O=C(C=Cc1cccs1)N1CCC(N2CCC(Oc3nccs3)CC2)CC1. The van der Waals surface area contributed by atoms with Gasteiger partial charge in [-0.2, -0.15) is 0 Å². The number of rotatable bonds is 5. The molecule has 2 aromatic rings. The largest absolute Gasteiger partial charge is 0.467 e. The smallest absolute Gasteiger partial charge is 0.273 e. The third-order valence-corrected chi connectivity index (χ3v) is 6.88. The zero-order valence-electron chi connectivity index (χ0n) is 15.3. The number of carbonyl (C=O) groups is 1. The van der Waals surface area contributed by atoms with Crippen molar-refractivity contribution in [1.29, 1.82) is 0 Å². The molecule has 2 aromatic heterocycles. The monoisotopic (exact) mass is 403 g/mol. The first-order valence-electron chi connectivity index (χ1n) is 9.58. The molecule has 0 radical (unpaired) electrons. The zero-order chi connectivity index (χ0) is 18.5. The van der Waals surface area contributed by atoms with Gasteiger partial charge in [0.05, 0.1) is 0 Å². The van der Waals surface area contributed by atoms with Crippen LogP contribution in [0.25, 0.3) is 6.08 Å². The van der Waals surface area contributed by atoms with Crippen molar-refractivity contribution in [3.05, 3.63) is 40.0 Å². The van der Waals surface area contributed by atoms with Gasteiger partial charge in [-0.1, -0.05) is 17.4 Å². The summed E-state index contributed by atoms with van der Waals surface area (Å²) in [4.78, 5) is 22.3. The second-order valence-electron chi connectivity index (χ2n) is 7.06. The van der Waals surface area contributed by atoms with Crippen LogP contribution >= 0.6 is 22.7 Å². The molecule has 27 heavy (non-hydrogen) atoms. The van der Waals surface area contributed by atoms with E-state index in [-0.39, 0.29) is 12.0 Å². The maximum atomic E-state index is 12.4. The second kappa shape index (κ2) is 8.99. The fourth-order valence-corrected chi connectivity index (χ4v) is 5.04. The molecule has 1 amide bonds. The van der Waals surface area contributed by atoms with Crippen molar-refractivity contribution in [1.82, 2.24) is 14.8 Å². The van der Waals surface area contributed by atoms with E-state index in [2.05, 4.69) is 9.88 Å². The first-order valence-corrected chi connectivity index (χ1v) is 11.3. The summed E-state index contributed by atoms with van der Waals surface area (Å²) < 4.78 is 5.96. The van der Waals surface area contributed by atoms with Crippen LogP contribution in [0.1, 0.15) is 30.6 Å². The summed E-state index contributed by atoms with van der Waals surface area (Å²) in [6.07, 6.45) is 9.97. The lowest BCUT2D eigenvalue weighted by molar-refractivity contribution is -0.127. The number of piperidine rings is 2. The van der Waals surface area contributed by atoms with E-state index in [9.17, 15) is 4.79 Å². The topological polar surface area (TPSA) is 45.7 Å². The van der Waals surface area contributed by atoms with E-state index in [1.165, 1.54) is 0 Å². The Balaban J connectivity index is 1.20. The summed E-state index contributed by atoms with van der Waals surface area (Å²) in [6.45, 7) is 3.86. The first-order chi connectivity index (χ1) is 13.3. The molecule has 4 heterocycles. The van der Waals surface area contributed by atoms with Crippen LogP contribution in [0.4, 0.5) is 0 Å². The predicted molar refractivity (Wildman–Crippen MR) is 110 cm³/mol. The number of carbonyl (C=O) groups excluding carboxylic acids is 1. The lowest BCUT2D eigenvalue weighted by Crippen LogP contribution is -2.49. The minimum absolute atomic E-state index is 0.136. The third-order valence-electron chi connectivity index (χ3n) is 5.38. The summed E-state index contributed by atoms with van der Waals surface area (Å²) in [5.74, 6) is 0.136. The molecule has 0 saturated carbocycles. The second-order valence-corrected chi connectivity index (χ2v) is 8.89. The Kier molecular flexibility index (Phi) is 6.21. The molecule has 0 bridgehead atoms. The Morgan fingerprint density at radius 3 is 2.59 bits per heavy atom. The Morgan fingerprint density at radius 1 is 1.11 bits per heavy atom. The molecule has 144 valence electrons. The van der Waals surface area contributed by atoms with Gasteiger partial charge in [-0.3, -0.25) is 9.69 Å². The number of nitrogens with zero attached hydrogens (tertiary/aromatic N) is 3. The molecule has 7 heteroatoms. The minimum Gasteiger partial charge on any atom is -0.467 e. The number of aromatic nitrogens is 1. The van der Waals surface area contributed by atoms with Crippen molar-refractivity contribution >= 4 is 34.7 Å². The van der Waals surface area contributed by atoms with Gasteiger partial charge in [0, 0.05) is 54.8 Å². The van der Waals surface area contributed by atoms with E-state index in [0.717, 1.165) is 61.9 Å². The molecule has 0 atom stereocenters. The Bertz CT molecular complexity index is 729. The normalized spacial score (nSPS) is 20.4. The highest BCUT2D eigenvalue weighted by Gasteiger charge is 2.29. The van der Waals surface area contributed by atoms with Gasteiger partial charge in [0.15, 0.2) is 0 Å². The third kappa shape index (κ3) is 4.97. The number of thiophene rings is 1. The van der Waals surface area contributed by atoms with E-state index in [1.54, 1.807) is 34.9 Å². The van der Waals surface area contributed by atoms with Gasteiger partial charge in [0.2, 0.25) is 5.91 Å². The van der Waals surface area contributed by atoms with Gasteiger partial charge in [0.1, 0.15) is 6.10 Å². The van der Waals surface area contributed by atoms with Gasteiger partial charge >= 0.3 is 0 Å². The Labute approximate surface area is 168 Å². The van der Waals surface area contributed by atoms with Gasteiger partial charge < -0.3 is 9.64 Å². The Morgan fingerprint density at radius 2 is 1.93 bits per heavy atom. The lowest BCUT2D eigenvalue weighted by atomic mass is 9.99. The van der Waals surface area contributed by atoms with Gasteiger partial charge in [0.25, 0.3) is 5.19 Å². The highest BCUT2D eigenvalue weighted by Crippen LogP contribution is 2.25. The van der Waals surface area contributed by atoms with Crippen LogP contribution in [0.5, 0.6) is 5.19 Å². The van der Waals surface area contributed by atoms with Crippen molar-refractivity contribution in [2.45, 2.75) is 37.8 Å². The molecular formula is C20H25N3O2S2. The van der Waals surface area contributed by atoms with Crippen LogP contribution in [0.2, 0.25) is 0 Å². The molecule has 5 nitrogen and oxygen atoms in total. The van der Waals surface area contributed by atoms with Crippen molar-refractivity contribution in [2.24, 2.45) is 0 Å². The van der Waals surface area contributed by atoms with E-state index < -0.39 is 0 Å². The molecule has 0 unspecified atom stereocenters. The van der Waals surface area contributed by atoms with Crippen LogP contribution in [0.3, 0.4) is 0 Å². The Hall–Kier alpha value is -1.70. The maximum Gasteiger partial charge on any atom is 0.273 e. The fourth-order valence-electron chi connectivity index (χ4n) is 3.87. The maximum absolute atomic E-state index is 12.4. The molecule has 2 aliphatic rings. The fraction of sp³-hybridized carbons (Fsp3) is 0.500. The van der Waals surface area contributed by atoms with Gasteiger partial charge in [-0.25, -0.2) is 4.98 Å². The molecule has 4 rings (SSSR count). The van der Waals surface area contributed by atoms with Crippen LogP contribution in [-0.4, -0.2) is 59.0 Å². The predicted octanol–water partition coefficient (Wildman–Crippen LogP) is 3.75. The minimum atomic E-state index is 0.136. The van der Waals surface area contributed by atoms with Gasteiger partial charge in [-0.05, 0) is 43.2 Å². The number of amides is 1. The van der Waals surface area contributed by atoms with Gasteiger partial charge in [-0.15, -0.1) is 11.3 Å². The molecular weight excluding hydrogens is 378 g/mol. The molecule has 0 N–H and O–H groups in total. The highest BCUT2D eigenvalue weighted by molar-refractivity contribution is 7.11. The first kappa shape index (κ1) is 18.7. The summed E-state index contributed by atoms with van der Waals surface area (Å²) in [7, 11) is 0. The van der Waals surface area contributed by atoms with Crippen LogP contribution in [0.15, 0.2) is 35.2 Å². The zero-order valence-corrected chi connectivity index (χ0v) is 17.0. The number of hydrogen-bond acceptors (Lipinski definition) is 6.